The topological polar surface area (TPSA) is 67.8 Å². The van der Waals surface area contributed by atoms with Crippen molar-refractivity contribution in [1.29, 1.82) is 0 Å². The molecule has 1 saturated heterocycles. The van der Waals surface area contributed by atoms with Crippen LogP contribution in [0.25, 0.3) is 0 Å². The zero-order valence-corrected chi connectivity index (χ0v) is 12.2. The Bertz CT molecular complexity index is 326. The second kappa shape index (κ2) is 6.43. The monoisotopic (exact) mass is 269 g/mol. The molecule has 5 nitrogen and oxygen atoms in total. The number of unbranched alkanes of at least 4 members (excludes halogenated alkanes) is 2. The van der Waals surface area contributed by atoms with Crippen LogP contribution in [0.4, 0.5) is 4.79 Å². The number of amides is 1. The molecule has 0 radical (unpaired) electrons. The van der Waals surface area contributed by atoms with E-state index in [1.165, 1.54) is 0 Å². The van der Waals surface area contributed by atoms with E-state index in [4.69, 9.17) is 14.4 Å². The highest BCUT2D eigenvalue weighted by Gasteiger charge is 2.49. The third kappa shape index (κ3) is 4.88. The fourth-order valence-corrected chi connectivity index (χ4v) is 1.76. The number of carbonyl (C=O) groups is 1. The molecule has 1 amide bonds. The molecule has 0 unspecified atom stereocenters. The van der Waals surface area contributed by atoms with E-state index in [1.54, 1.807) is 0 Å². The summed E-state index contributed by atoms with van der Waals surface area (Å²) in [6, 6.07) is 0. The highest BCUT2D eigenvalue weighted by molar-refractivity contribution is 6.51. The molecule has 6 heteroatoms. The van der Waals surface area contributed by atoms with Gasteiger partial charge in [0, 0.05) is 6.54 Å². The van der Waals surface area contributed by atoms with Crippen LogP contribution in [0.2, 0.25) is 0 Å². The van der Waals surface area contributed by atoms with Gasteiger partial charge in [-0.25, -0.2) is 4.79 Å². The van der Waals surface area contributed by atoms with Crippen molar-refractivity contribution in [1.82, 2.24) is 5.32 Å². The van der Waals surface area contributed by atoms with Crippen molar-refractivity contribution in [3.8, 4) is 0 Å². The lowest BCUT2D eigenvalue weighted by Crippen LogP contribution is -2.41. The average Bonchev–Trinajstić information content (AvgIpc) is 2.45. The third-order valence-corrected chi connectivity index (χ3v) is 3.64. The summed E-state index contributed by atoms with van der Waals surface area (Å²) in [4.78, 5) is 10.2. The molecule has 0 saturated carbocycles. The summed E-state index contributed by atoms with van der Waals surface area (Å²) in [7, 11) is -0.290. The van der Waals surface area contributed by atoms with Gasteiger partial charge in [-0.1, -0.05) is 12.1 Å². The SMILES string of the molecule is CC1(C)OB(/C=C/CCCCNC(=O)O)OC1(C)C. The first-order valence-corrected chi connectivity index (χ1v) is 6.74. The van der Waals surface area contributed by atoms with Crippen molar-refractivity contribution in [3.63, 3.8) is 0 Å². The Morgan fingerprint density at radius 1 is 1.21 bits per heavy atom. The Labute approximate surface area is 115 Å². The number of hydrogen-bond donors (Lipinski definition) is 2. The Balaban J connectivity index is 2.19. The van der Waals surface area contributed by atoms with Crippen LogP contribution in [0, 0.1) is 0 Å². The van der Waals surface area contributed by atoms with E-state index < -0.39 is 6.09 Å². The fraction of sp³-hybridized carbons (Fsp3) is 0.769. The molecule has 0 spiro atoms. The zero-order valence-electron chi connectivity index (χ0n) is 12.2. The van der Waals surface area contributed by atoms with Crippen LogP contribution in [0.1, 0.15) is 47.0 Å². The number of carboxylic acid groups (broad SMARTS) is 1. The summed E-state index contributed by atoms with van der Waals surface area (Å²) in [5, 5.41) is 10.7. The van der Waals surface area contributed by atoms with Crippen LogP contribution in [0.15, 0.2) is 12.1 Å². The lowest BCUT2D eigenvalue weighted by atomic mass is 9.89. The van der Waals surface area contributed by atoms with E-state index in [9.17, 15) is 4.79 Å². The molecule has 0 atom stereocenters. The van der Waals surface area contributed by atoms with Gasteiger partial charge >= 0.3 is 13.2 Å². The first kappa shape index (κ1) is 16.1. The standard InChI is InChI=1S/C13H24BNO4/c1-12(2)13(3,4)19-14(18-12)9-7-5-6-8-10-15-11(16)17/h7,9,15H,5-6,8,10H2,1-4H3,(H,16,17)/b9-7+. The van der Waals surface area contributed by atoms with Gasteiger partial charge in [0.25, 0.3) is 0 Å². The van der Waals surface area contributed by atoms with Crippen molar-refractivity contribution < 1.29 is 19.2 Å². The van der Waals surface area contributed by atoms with Crippen LogP contribution >= 0.6 is 0 Å². The van der Waals surface area contributed by atoms with Crippen molar-refractivity contribution in [3.05, 3.63) is 12.1 Å². The Kier molecular flexibility index (Phi) is 5.44. The van der Waals surface area contributed by atoms with Gasteiger partial charge in [0.15, 0.2) is 0 Å². The van der Waals surface area contributed by atoms with Gasteiger partial charge in [-0.15, -0.1) is 0 Å². The van der Waals surface area contributed by atoms with Gasteiger partial charge in [0.2, 0.25) is 0 Å². The van der Waals surface area contributed by atoms with E-state index in [0.717, 1.165) is 19.3 Å². The number of hydrogen-bond acceptors (Lipinski definition) is 3. The highest BCUT2D eigenvalue weighted by atomic mass is 16.7. The first-order chi connectivity index (χ1) is 8.74. The maximum absolute atomic E-state index is 10.2. The zero-order chi connectivity index (χ0) is 14.5. The largest absolute Gasteiger partial charge is 0.486 e. The predicted molar refractivity (Wildman–Crippen MR) is 75.1 cm³/mol. The maximum Gasteiger partial charge on any atom is 0.486 e. The third-order valence-electron chi connectivity index (χ3n) is 3.64. The molecule has 1 rings (SSSR count). The first-order valence-electron chi connectivity index (χ1n) is 6.74. The fourth-order valence-electron chi connectivity index (χ4n) is 1.76. The smallest absolute Gasteiger partial charge is 0.465 e. The number of allylic oxidation sites excluding steroid dienone is 1. The Morgan fingerprint density at radius 3 is 2.32 bits per heavy atom. The molecule has 0 aromatic carbocycles. The quantitative estimate of drug-likeness (QED) is 0.574. The lowest BCUT2D eigenvalue weighted by Gasteiger charge is -2.32. The van der Waals surface area contributed by atoms with Crippen molar-refractivity contribution in [2.75, 3.05) is 6.54 Å². The van der Waals surface area contributed by atoms with Crippen LogP contribution in [0.3, 0.4) is 0 Å². The van der Waals surface area contributed by atoms with Crippen molar-refractivity contribution in [2.24, 2.45) is 0 Å². The molecule has 1 aliphatic rings. The van der Waals surface area contributed by atoms with Crippen molar-refractivity contribution >= 4 is 13.2 Å². The van der Waals surface area contributed by atoms with Crippen molar-refractivity contribution in [2.45, 2.75) is 58.2 Å². The molecule has 108 valence electrons. The van der Waals surface area contributed by atoms with Crippen LogP contribution in [-0.2, 0) is 9.31 Å². The molecule has 1 aliphatic heterocycles. The molecule has 19 heavy (non-hydrogen) atoms. The second-order valence-electron chi connectivity index (χ2n) is 5.78. The minimum absolute atomic E-state index is 0.290. The molecular formula is C13H24BNO4. The summed E-state index contributed by atoms with van der Waals surface area (Å²) in [6.45, 7) is 8.60. The molecule has 0 aromatic heterocycles. The van der Waals surface area contributed by atoms with E-state index in [-0.39, 0.29) is 18.3 Å². The Morgan fingerprint density at radius 2 is 1.79 bits per heavy atom. The summed E-state index contributed by atoms with van der Waals surface area (Å²) in [5.41, 5.74) is -0.596. The lowest BCUT2D eigenvalue weighted by molar-refractivity contribution is 0.00578. The van der Waals surface area contributed by atoms with E-state index >= 15 is 0 Å². The normalized spacial score (nSPS) is 20.9. The molecule has 0 bridgehead atoms. The molecule has 2 N–H and O–H groups in total. The summed E-state index contributed by atoms with van der Waals surface area (Å²) in [5.74, 6) is 1.93. The Hall–Kier alpha value is -1.01. The van der Waals surface area contributed by atoms with Gasteiger partial charge < -0.3 is 19.7 Å². The second-order valence-corrected chi connectivity index (χ2v) is 5.78. The van der Waals surface area contributed by atoms with E-state index in [0.29, 0.717) is 6.54 Å². The highest BCUT2D eigenvalue weighted by Crippen LogP contribution is 2.36. The van der Waals surface area contributed by atoms with Gasteiger partial charge in [0.05, 0.1) is 11.2 Å². The van der Waals surface area contributed by atoms with Crippen LogP contribution in [0.5, 0.6) is 0 Å². The maximum atomic E-state index is 10.2. The van der Waals surface area contributed by atoms with E-state index in [2.05, 4.69) is 5.32 Å². The minimum Gasteiger partial charge on any atom is -0.465 e. The molecular weight excluding hydrogens is 245 g/mol. The summed E-state index contributed by atoms with van der Waals surface area (Å²) in [6.07, 6.45) is 3.73. The van der Waals surface area contributed by atoms with Crippen LogP contribution < -0.4 is 5.32 Å². The van der Waals surface area contributed by atoms with Gasteiger partial charge in [-0.05, 0) is 47.0 Å². The van der Waals surface area contributed by atoms with Crippen LogP contribution in [-0.4, -0.2) is 36.1 Å². The molecule has 0 aromatic rings. The predicted octanol–water partition coefficient (Wildman–Crippen LogP) is 2.61. The number of rotatable bonds is 6. The van der Waals surface area contributed by atoms with Gasteiger partial charge in [-0.3, -0.25) is 0 Å². The molecule has 1 fully saturated rings. The van der Waals surface area contributed by atoms with Gasteiger partial charge in [-0.2, -0.15) is 0 Å². The number of nitrogens with one attached hydrogen (secondary N) is 1. The average molecular weight is 269 g/mol. The molecule has 1 heterocycles. The minimum atomic E-state index is -0.965. The summed E-state index contributed by atoms with van der Waals surface area (Å²) < 4.78 is 11.6. The van der Waals surface area contributed by atoms with E-state index in [1.807, 2.05) is 39.7 Å². The molecule has 0 aliphatic carbocycles. The summed E-state index contributed by atoms with van der Waals surface area (Å²) >= 11 is 0. The van der Waals surface area contributed by atoms with Gasteiger partial charge in [0.1, 0.15) is 0 Å².